The summed E-state index contributed by atoms with van der Waals surface area (Å²) in [5, 5.41) is 9.24. The Bertz CT molecular complexity index is 1020. The summed E-state index contributed by atoms with van der Waals surface area (Å²) in [5.74, 6) is 1.08. The van der Waals surface area contributed by atoms with Gasteiger partial charge < -0.3 is 25.8 Å². The molecule has 3 heterocycles. The monoisotopic (exact) mass is 492 g/mol. The molecule has 0 saturated carbocycles. The molecule has 12 heteroatoms. The Morgan fingerprint density at radius 1 is 1.17 bits per heavy atom. The molecule has 1 aromatic carbocycles. The number of halogens is 3. The van der Waals surface area contributed by atoms with E-state index in [9.17, 15) is 18.0 Å². The molecule has 0 radical (unpaired) electrons. The molecule has 2 aliphatic heterocycles. The number of likely N-dealkylation sites (N-methyl/N-ethyl adjacent to an activating group) is 1. The van der Waals surface area contributed by atoms with Crippen molar-refractivity contribution in [2.75, 3.05) is 82.0 Å². The van der Waals surface area contributed by atoms with Gasteiger partial charge in [-0.3, -0.25) is 9.69 Å². The standard InChI is InChI=1S/C23H31F3N8O/c1-32(2)7-6-27-13-18(16-4-3-5-17(12-16)23(24,25)26)33-8-10-34(11-9-33)22-20-21(29-15-30-22)28-14-19(35)31-20/h3-5,12,15,18,27H,6-11,13-14H2,1-2H3,(H,31,35)(H,28,29,30). The van der Waals surface area contributed by atoms with Crippen LogP contribution < -0.4 is 20.9 Å². The van der Waals surface area contributed by atoms with E-state index in [0.29, 0.717) is 55.6 Å². The molecule has 1 aromatic heterocycles. The van der Waals surface area contributed by atoms with Crippen molar-refractivity contribution < 1.29 is 18.0 Å². The Hall–Kier alpha value is -2.96. The number of rotatable bonds is 8. The van der Waals surface area contributed by atoms with Gasteiger partial charge in [-0.15, -0.1) is 0 Å². The fourth-order valence-electron chi connectivity index (χ4n) is 4.38. The largest absolute Gasteiger partial charge is 0.416 e. The lowest BCUT2D eigenvalue weighted by Crippen LogP contribution is -2.50. The van der Waals surface area contributed by atoms with E-state index in [1.807, 2.05) is 14.1 Å². The fraction of sp³-hybridized carbons (Fsp3) is 0.522. The smallest absolute Gasteiger partial charge is 0.359 e. The third kappa shape index (κ3) is 6.19. The summed E-state index contributed by atoms with van der Waals surface area (Å²) in [6, 6.07) is 5.40. The van der Waals surface area contributed by atoms with Crippen molar-refractivity contribution in [3.05, 3.63) is 41.7 Å². The van der Waals surface area contributed by atoms with Gasteiger partial charge >= 0.3 is 6.18 Å². The lowest BCUT2D eigenvalue weighted by Gasteiger charge is -2.41. The van der Waals surface area contributed by atoms with Gasteiger partial charge in [0.05, 0.1) is 12.1 Å². The first kappa shape index (κ1) is 25.1. The van der Waals surface area contributed by atoms with Gasteiger partial charge in [-0.05, 0) is 31.8 Å². The van der Waals surface area contributed by atoms with Crippen LogP contribution in [0.3, 0.4) is 0 Å². The highest BCUT2D eigenvalue weighted by molar-refractivity contribution is 6.02. The molecule has 3 N–H and O–H groups in total. The number of amides is 1. The summed E-state index contributed by atoms with van der Waals surface area (Å²) in [5.41, 5.74) is 0.571. The Balaban J connectivity index is 1.49. The van der Waals surface area contributed by atoms with E-state index in [0.717, 1.165) is 19.2 Å². The zero-order chi connectivity index (χ0) is 25.0. The number of hydrogen-bond donors (Lipinski definition) is 3. The number of carbonyl (C=O) groups excluding carboxylic acids is 1. The quantitative estimate of drug-likeness (QED) is 0.482. The van der Waals surface area contributed by atoms with Crippen LogP contribution in [0.25, 0.3) is 0 Å². The van der Waals surface area contributed by atoms with Crippen LogP contribution in [0.15, 0.2) is 30.6 Å². The predicted molar refractivity (Wildman–Crippen MR) is 129 cm³/mol. The van der Waals surface area contributed by atoms with Crippen molar-refractivity contribution in [1.82, 2.24) is 25.1 Å². The first-order valence-corrected chi connectivity index (χ1v) is 11.6. The number of hydrogen-bond acceptors (Lipinski definition) is 8. The highest BCUT2D eigenvalue weighted by atomic mass is 19.4. The third-order valence-corrected chi connectivity index (χ3v) is 6.23. The van der Waals surface area contributed by atoms with Crippen molar-refractivity contribution in [3.8, 4) is 0 Å². The van der Waals surface area contributed by atoms with Crippen molar-refractivity contribution in [2.24, 2.45) is 0 Å². The van der Waals surface area contributed by atoms with Gasteiger partial charge in [0, 0.05) is 51.9 Å². The summed E-state index contributed by atoms with van der Waals surface area (Å²) in [6.45, 7) is 4.78. The number of benzene rings is 1. The molecule has 9 nitrogen and oxygen atoms in total. The molecule has 1 saturated heterocycles. The Morgan fingerprint density at radius 3 is 2.66 bits per heavy atom. The molecule has 0 aliphatic carbocycles. The van der Waals surface area contributed by atoms with E-state index >= 15 is 0 Å². The summed E-state index contributed by atoms with van der Waals surface area (Å²) in [7, 11) is 3.96. The molecule has 4 rings (SSSR count). The van der Waals surface area contributed by atoms with E-state index in [2.05, 4.69) is 40.6 Å². The zero-order valence-corrected chi connectivity index (χ0v) is 19.9. The van der Waals surface area contributed by atoms with Gasteiger partial charge in [0.15, 0.2) is 11.6 Å². The van der Waals surface area contributed by atoms with E-state index in [4.69, 9.17) is 0 Å². The Kier molecular flexibility index (Phi) is 7.72. The molecule has 2 aliphatic rings. The Morgan fingerprint density at radius 2 is 1.94 bits per heavy atom. The molecule has 1 amide bonds. The normalized spacial score (nSPS) is 17.7. The lowest BCUT2D eigenvalue weighted by atomic mass is 10.0. The number of aromatic nitrogens is 2. The van der Waals surface area contributed by atoms with E-state index < -0.39 is 11.7 Å². The minimum Gasteiger partial charge on any atom is -0.359 e. The van der Waals surface area contributed by atoms with Crippen LogP contribution in [0, 0.1) is 0 Å². The van der Waals surface area contributed by atoms with Gasteiger partial charge in [-0.25, -0.2) is 9.97 Å². The summed E-state index contributed by atoms with van der Waals surface area (Å²) in [4.78, 5) is 26.8. The second-order valence-electron chi connectivity index (χ2n) is 8.99. The maximum absolute atomic E-state index is 13.4. The molecule has 1 atom stereocenters. The number of anilines is 3. The van der Waals surface area contributed by atoms with E-state index in [1.54, 1.807) is 6.07 Å². The number of fused-ring (bicyclic) bond motifs is 1. The van der Waals surface area contributed by atoms with Gasteiger partial charge in [0.1, 0.15) is 12.0 Å². The number of nitrogens with one attached hydrogen (secondary N) is 3. The van der Waals surface area contributed by atoms with Crippen LogP contribution in [0.2, 0.25) is 0 Å². The topological polar surface area (TPSA) is 88.7 Å². The average Bonchev–Trinajstić information content (AvgIpc) is 2.83. The zero-order valence-electron chi connectivity index (χ0n) is 19.9. The lowest BCUT2D eigenvalue weighted by molar-refractivity contribution is -0.137. The molecule has 190 valence electrons. The molecule has 0 spiro atoms. The van der Waals surface area contributed by atoms with E-state index in [-0.39, 0.29) is 18.5 Å². The third-order valence-electron chi connectivity index (χ3n) is 6.23. The number of carbonyl (C=O) groups is 1. The van der Waals surface area contributed by atoms with Crippen LogP contribution in [0.1, 0.15) is 17.2 Å². The minimum absolute atomic E-state index is 0.152. The van der Waals surface area contributed by atoms with Gasteiger partial charge in [-0.1, -0.05) is 12.1 Å². The maximum atomic E-state index is 13.4. The van der Waals surface area contributed by atoms with Gasteiger partial charge in [0.25, 0.3) is 0 Å². The molecule has 2 aromatic rings. The molecule has 0 bridgehead atoms. The highest BCUT2D eigenvalue weighted by Gasteiger charge is 2.33. The summed E-state index contributed by atoms with van der Waals surface area (Å²) < 4.78 is 40.2. The van der Waals surface area contributed by atoms with Crippen LogP contribution >= 0.6 is 0 Å². The van der Waals surface area contributed by atoms with Crippen molar-refractivity contribution in [2.45, 2.75) is 12.2 Å². The second kappa shape index (κ2) is 10.8. The second-order valence-corrected chi connectivity index (χ2v) is 8.99. The van der Waals surface area contributed by atoms with Crippen LogP contribution in [-0.4, -0.2) is 92.1 Å². The van der Waals surface area contributed by atoms with Crippen LogP contribution in [-0.2, 0) is 11.0 Å². The number of piperazine rings is 1. The maximum Gasteiger partial charge on any atom is 0.416 e. The Labute approximate surface area is 202 Å². The molecule has 1 unspecified atom stereocenters. The predicted octanol–water partition coefficient (Wildman–Crippen LogP) is 1.87. The first-order valence-electron chi connectivity index (χ1n) is 11.6. The average molecular weight is 493 g/mol. The van der Waals surface area contributed by atoms with E-state index in [1.165, 1.54) is 18.5 Å². The molecule has 1 fully saturated rings. The number of alkyl halides is 3. The molecular formula is C23H31F3N8O. The van der Waals surface area contributed by atoms with Crippen LogP contribution in [0.4, 0.5) is 30.5 Å². The fourth-order valence-corrected chi connectivity index (χ4v) is 4.38. The summed E-state index contributed by atoms with van der Waals surface area (Å²) in [6.07, 6.45) is -2.92. The van der Waals surface area contributed by atoms with Crippen molar-refractivity contribution >= 4 is 23.2 Å². The van der Waals surface area contributed by atoms with Crippen molar-refractivity contribution in [1.29, 1.82) is 0 Å². The molecular weight excluding hydrogens is 461 g/mol. The van der Waals surface area contributed by atoms with Crippen molar-refractivity contribution in [3.63, 3.8) is 0 Å². The highest BCUT2D eigenvalue weighted by Crippen LogP contribution is 2.34. The first-order chi connectivity index (χ1) is 16.7. The van der Waals surface area contributed by atoms with Gasteiger partial charge in [0.2, 0.25) is 5.91 Å². The molecule has 35 heavy (non-hydrogen) atoms. The SMILES string of the molecule is CN(C)CCNCC(c1cccc(C(F)(F)F)c1)N1CCN(c2ncnc3c2NC(=O)CN3)CC1. The summed E-state index contributed by atoms with van der Waals surface area (Å²) >= 11 is 0. The number of nitrogens with zero attached hydrogens (tertiary/aromatic N) is 5. The van der Waals surface area contributed by atoms with Gasteiger partial charge in [-0.2, -0.15) is 13.2 Å². The van der Waals surface area contributed by atoms with Crippen LogP contribution in [0.5, 0.6) is 0 Å². The minimum atomic E-state index is -4.39.